The number of nitrogens with two attached hydrogens (primary N) is 1. The number of nitrogen functional groups attached to an aromatic ring is 1. The summed E-state index contributed by atoms with van der Waals surface area (Å²) in [4.78, 5) is 8.12. The summed E-state index contributed by atoms with van der Waals surface area (Å²) < 4.78 is 10.9. The van der Waals surface area contributed by atoms with Crippen molar-refractivity contribution in [1.29, 1.82) is 0 Å². The van der Waals surface area contributed by atoms with Crippen molar-refractivity contribution in [1.82, 2.24) is 9.97 Å². The van der Waals surface area contributed by atoms with Crippen LogP contribution in [0.3, 0.4) is 0 Å². The van der Waals surface area contributed by atoms with Crippen molar-refractivity contribution in [3.8, 4) is 17.4 Å². The molecular weight excluding hydrogens is 250 g/mol. The zero-order valence-electron chi connectivity index (χ0n) is 10.1. The molecule has 0 aliphatic carbocycles. The molecule has 0 radical (unpaired) electrons. The van der Waals surface area contributed by atoms with Crippen LogP contribution in [-0.2, 0) is 0 Å². The third-order valence-corrected chi connectivity index (χ3v) is 2.87. The molecule has 0 amide bonds. The van der Waals surface area contributed by atoms with Crippen molar-refractivity contribution in [2.24, 2.45) is 0 Å². The van der Waals surface area contributed by atoms with E-state index in [1.807, 2.05) is 6.26 Å². The Morgan fingerprint density at radius 3 is 2.72 bits per heavy atom. The predicted molar refractivity (Wildman–Crippen MR) is 71.3 cm³/mol. The highest BCUT2D eigenvalue weighted by Crippen LogP contribution is 2.32. The molecule has 0 spiro atoms. The van der Waals surface area contributed by atoms with Crippen LogP contribution < -0.4 is 15.2 Å². The van der Waals surface area contributed by atoms with Gasteiger partial charge in [0.05, 0.1) is 7.11 Å². The van der Waals surface area contributed by atoms with Crippen LogP contribution in [0.5, 0.6) is 17.4 Å². The van der Waals surface area contributed by atoms with E-state index in [-0.39, 0.29) is 0 Å². The van der Waals surface area contributed by atoms with Gasteiger partial charge in [0.25, 0.3) is 0 Å². The maximum Gasteiger partial charge on any atom is 0.223 e. The van der Waals surface area contributed by atoms with Crippen molar-refractivity contribution in [2.75, 3.05) is 19.1 Å². The summed E-state index contributed by atoms with van der Waals surface area (Å²) in [6, 6.07) is 6.95. The first-order chi connectivity index (χ1) is 8.72. The van der Waals surface area contributed by atoms with Gasteiger partial charge in [0, 0.05) is 17.8 Å². The van der Waals surface area contributed by atoms with E-state index in [0.29, 0.717) is 23.1 Å². The SMILES string of the molecule is COc1cc(N)ccc1Oc1cc(SC)ncn1. The summed E-state index contributed by atoms with van der Waals surface area (Å²) in [7, 11) is 1.56. The number of methoxy groups -OCH3 is 1. The molecule has 0 aliphatic rings. The Kier molecular flexibility index (Phi) is 3.88. The fourth-order valence-electron chi connectivity index (χ4n) is 1.37. The van der Waals surface area contributed by atoms with E-state index in [9.17, 15) is 0 Å². The van der Waals surface area contributed by atoms with E-state index in [2.05, 4.69) is 9.97 Å². The predicted octanol–water partition coefficient (Wildman–Crippen LogP) is 2.58. The summed E-state index contributed by atoms with van der Waals surface area (Å²) in [5.74, 6) is 1.61. The Morgan fingerprint density at radius 1 is 1.17 bits per heavy atom. The van der Waals surface area contributed by atoms with Gasteiger partial charge in [0.15, 0.2) is 11.5 Å². The van der Waals surface area contributed by atoms with Crippen LogP contribution in [0.4, 0.5) is 5.69 Å². The number of hydrogen-bond acceptors (Lipinski definition) is 6. The number of aromatic nitrogens is 2. The number of nitrogens with zero attached hydrogens (tertiary/aromatic N) is 2. The van der Waals surface area contributed by atoms with Gasteiger partial charge in [-0.3, -0.25) is 0 Å². The van der Waals surface area contributed by atoms with Gasteiger partial charge in [-0.1, -0.05) is 0 Å². The molecule has 0 saturated heterocycles. The number of thioether (sulfide) groups is 1. The molecular formula is C12H13N3O2S. The second-order valence-corrected chi connectivity index (χ2v) is 4.24. The Hall–Kier alpha value is -1.95. The monoisotopic (exact) mass is 263 g/mol. The first kappa shape index (κ1) is 12.5. The van der Waals surface area contributed by atoms with Crippen LogP contribution >= 0.6 is 11.8 Å². The van der Waals surface area contributed by atoms with Crippen LogP contribution in [0.15, 0.2) is 35.6 Å². The molecule has 2 N–H and O–H groups in total. The van der Waals surface area contributed by atoms with Crippen molar-refractivity contribution >= 4 is 17.4 Å². The van der Waals surface area contributed by atoms with Crippen LogP contribution in [0, 0.1) is 0 Å². The largest absolute Gasteiger partial charge is 0.493 e. The second-order valence-electron chi connectivity index (χ2n) is 3.41. The lowest BCUT2D eigenvalue weighted by atomic mass is 10.3. The maximum absolute atomic E-state index is 5.68. The maximum atomic E-state index is 5.68. The molecule has 94 valence electrons. The van der Waals surface area contributed by atoms with E-state index in [4.69, 9.17) is 15.2 Å². The summed E-state index contributed by atoms with van der Waals surface area (Å²) in [6.45, 7) is 0. The fraction of sp³-hybridized carbons (Fsp3) is 0.167. The van der Waals surface area contributed by atoms with Gasteiger partial charge in [-0.2, -0.15) is 0 Å². The molecule has 0 bridgehead atoms. The Labute approximate surface area is 109 Å². The van der Waals surface area contributed by atoms with Gasteiger partial charge in [-0.25, -0.2) is 9.97 Å². The Balaban J connectivity index is 2.27. The lowest BCUT2D eigenvalue weighted by Gasteiger charge is -2.10. The third-order valence-electron chi connectivity index (χ3n) is 2.23. The Morgan fingerprint density at radius 2 is 2.00 bits per heavy atom. The third kappa shape index (κ3) is 2.84. The topological polar surface area (TPSA) is 70.3 Å². The first-order valence-corrected chi connectivity index (χ1v) is 6.43. The smallest absolute Gasteiger partial charge is 0.223 e. The van der Waals surface area contributed by atoms with Crippen molar-refractivity contribution in [2.45, 2.75) is 5.03 Å². The number of rotatable bonds is 4. The summed E-state index contributed by atoms with van der Waals surface area (Å²) in [5.41, 5.74) is 6.29. The van der Waals surface area contributed by atoms with Gasteiger partial charge >= 0.3 is 0 Å². The molecule has 1 heterocycles. The highest BCUT2D eigenvalue weighted by molar-refractivity contribution is 7.98. The van der Waals surface area contributed by atoms with Crippen LogP contribution in [0.1, 0.15) is 0 Å². The van der Waals surface area contributed by atoms with Crippen molar-refractivity contribution in [3.05, 3.63) is 30.6 Å². The van der Waals surface area contributed by atoms with E-state index in [1.165, 1.54) is 18.1 Å². The lowest BCUT2D eigenvalue weighted by Crippen LogP contribution is -1.94. The normalized spacial score (nSPS) is 10.1. The fourth-order valence-corrected chi connectivity index (χ4v) is 1.74. The Bertz CT molecular complexity index is 549. The van der Waals surface area contributed by atoms with Crippen LogP contribution in [-0.4, -0.2) is 23.3 Å². The second kappa shape index (κ2) is 5.59. The highest BCUT2D eigenvalue weighted by Gasteiger charge is 2.07. The van der Waals surface area contributed by atoms with E-state index in [0.717, 1.165) is 5.03 Å². The first-order valence-electron chi connectivity index (χ1n) is 5.20. The minimum absolute atomic E-state index is 0.470. The molecule has 0 saturated carbocycles. The van der Waals surface area contributed by atoms with E-state index >= 15 is 0 Å². The molecule has 0 unspecified atom stereocenters. The number of ether oxygens (including phenoxy) is 2. The standard InChI is InChI=1S/C12H13N3O2S/c1-16-10-5-8(13)3-4-9(10)17-11-6-12(18-2)15-7-14-11/h3-7H,13H2,1-2H3. The van der Waals surface area contributed by atoms with Gasteiger partial charge < -0.3 is 15.2 Å². The zero-order chi connectivity index (χ0) is 13.0. The van der Waals surface area contributed by atoms with Crippen LogP contribution in [0.25, 0.3) is 0 Å². The molecule has 2 rings (SSSR count). The van der Waals surface area contributed by atoms with Gasteiger partial charge in [-0.05, 0) is 18.4 Å². The minimum atomic E-state index is 0.470. The van der Waals surface area contributed by atoms with Gasteiger partial charge in [0.1, 0.15) is 11.4 Å². The van der Waals surface area contributed by atoms with Crippen LogP contribution in [0.2, 0.25) is 0 Å². The van der Waals surface area contributed by atoms with E-state index < -0.39 is 0 Å². The molecule has 2 aromatic rings. The highest BCUT2D eigenvalue weighted by atomic mass is 32.2. The molecule has 18 heavy (non-hydrogen) atoms. The molecule has 0 fully saturated rings. The number of benzene rings is 1. The minimum Gasteiger partial charge on any atom is -0.493 e. The quantitative estimate of drug-likeness (QED) is 0.519. The molecule has 6 heteroatoms. The average Bonchev–Trinajstić information content (AvgIpc) is 2.41. The summed E-state index contributed by atoms with van der Waals surface area (Å²) in [6.07, 6.45) is 3.40. The van der Waals surface area contributed by atoms with Gasteiger partial charge in [-0.15, -0.1) is 11.8 Å². The number of anilines is 1. The van der Waals surface area contributed by atoms with Crippen molar-refractivity contribution < 1.29 is 9.47 Å². The lowest BCUT2D eigenvalue weighted by molar-refractivity contribution is 0.373. The van der Waals surface area contributed by atoms with Gasteiger partial charge in [0.2, 0.25) is 5.88 Å². The molecule has 0 aliphatic heterocycles. The average molecular weight is 263 g/mol. The number of hydrogen-bond donors (Lipinski definition) is 1. The zero-order valence-corrected chi connectivity index (χ0v) is 10.9. The van der Waals surface area contributed by atoms with Crippen molar-refractivity contribution in [3.63, 3.8) is 0 Å². The molecule has 0 atom stereocenters. The van der Waals surface area contributed by atoms with E-state index in [1.54, 1.807) is 31.4 Å². The molecule has 1 aromatic heterocycles. The summed E-state index contributed by atoms with van der Waals surface area (Å²) >= 11 is 1.52. The molecule has 1 aromatic carbocycles. The summed E-state index contributed by atoms with van der Waals surface area (Å²) in [5, 5.41) is 0.842. The molecule has 5 nitrogen and oxygen atoms in total.